The zero-order chi connectivity index (χ0) is 24.9. The number of nitrogens with one attached hydrogen (secondary N) is 2. The number of hydrogen-bond donors (Lipinski definition) is 3. The molecular formula is C26H31N3O6. The summed E-state index contributed by atoms with van der Waals surface area (Å²) in [5, 5.41) is 14.5. The molecule has 1 aliphatic heterocycles. The summed E-state index contributed by atoms with van der Waals surface area (Å²) in [6.07, 6.45) is -0.695. The molecule has 3 atom stereocenters. The number of hydrogen-bond acceptors (Lipinski definition) is 6. The van der Waals surface area contributed by atoms with Crippen LogP contribution in [0.25, 0.3) is 11.1 Å². The van der Waals surface area contributed by atoms with Crippen LogP contribution in [-0.2, 0) is 19.1 Å². The van der Waals surface area contributed by atoms with E-state index < -0.39 is 24.0 Å². The maximum atomic E-state index is 12.8. The first-order chi connectivity index (χ1) is 16.8. The van der Waals surface area contributed by atoms with E-state index in [1.165, 1.54) is 0 Å². The maximum Gasteiger partial charge on any atom is 0.407 e. The van der Waals surface area contributed by atoms with Crippen LogP contribution in [0.4, 0.5) is 4.79 Å². The number of alkyl carbamates (subject to hydrolysis) is 1. The van der Waals surface area contributed by atoms with Crippen LogP contribution in [0.15, 0.2) is 48.5 Å². The number of likely N-dealkylation sites (N-methyl/N-ethyl adjacent to an activating group) is 1. The fourth-order valence-corrected chi connectivity index (χ4v) is 4.70. The fraction of sp³-hybridized carbons (Fsp3) is 0.423. The first kappa shape index (κ1) is 24.7. The van der Waals surface area contributed by atoms with Crippen LogP contribution in [-0.4, -0.2) is 80.5 Å². The molecule has 2 aromatic carbocycles. The van der Waals surface area contributed by atoms with Crippen LogP contribution in [0.3, 0.4) is 0 Å². The van der Waals surface area contributed by atoms with E-state index >= 15 is 0 Å². The quantitative estimate of drug-likeness (QED) is 0.502. The second-order valence-corrected chi connectivity index (χ2v) is 9.26. The van der Waals surface area contributed by atoms with E-state index in [-0.39, 0.29) is 44.2 Å². The summed E-state index contributed by atoms with van der Waals surface area (Å²) >= 11 is 0. The van der Waals surface area contributed by atoms with Crippen molar-refractivity contribution in [2.75, 3.05) is 40.4 Å². The van der Waals surface area contributed by atoms with Gasteiger partial charge in [-0.25, -0.2) is 4.79 Å². The molecule has 0 radical (unpaired) electrons. The lowest BCUT2D eigenvalue weighted by atomic mass is 9.98. The van der Waals surface area contributed by atoms with Gasteiger partial charge in [0.1, 0.15) is 12.6 Å². The van der Waals surface area contributed by atoms with Gasteiger partial charge in [0.2, 0.25) is 5.91 Å². The highest BCUT2D eigenvalue weighted by atomic mass is 16.5. The Kier molecular flexibility index (Phi) is 7.67. The van der Waals surface area contributed by atoms with Crippen LogP contribution < -0.4 is 10.6 Å². The molecule has 0 aromatic heterocycles. The minimum absolute atomic E-state index is 0.0732. The Balaban J connectivity index is 1.33. The molecule has 3 N–H and O–H groups in total. The van der Waals surface area contributed by atoms with Gasteiger partial charge < -0.3 is 30.1 Å². The van der Waals surface area contributed by atoms with Crippen molar-refractivity contribution >= 4 is 18.0 Å². The molecule has 1 unspecified atom stereocenters. The number of ether oxygens (including phenoxy) is 2. The van der Waals surface area contributed by atoms with Crippen molar-refractivity contribution in [3.05, 3.63) is 59.7 Å². The van der Waals surface area contributed by atoms with Crippen LogP contribution >= 0.6 is 0 Å². The number of carbonyl (C=O) groups excluding carboxylic acids is 2. The average Bonchev–Trinajstić information content (AvgIpc) is 3.44. The number of carboxylic acids is 1. The van der Waals surface area contributed by atoms with Crippen molar-refractivity contribution in [1.82, 2.24) is 15.5 Å². The number of aliphatic carboxylic acids is 1. The Morgan fingerprint density at radius 2 is 1.71 bits per heavy atom. The smallest absolute Gasteiger partial charge is 0.407 e. The van der Waals surface area contributed by atoms with E-state index in [1.54, 1.807) is 19.0 Å². The van der Waals surface area contributed by atoms with Gasteiger partial charge in [-0.05, 0) is 42.8 Å². The van der Waals surface area contributed by atoms with Crippen molar-refractivity contribution in [2.24, 2.45) is 5.92 Å². The first-order valence-electron chi connectivity index (χ1n) is 11.7. The highest BCUT2D eigenvalue weighted by molar-refractivity contribution is 5.86. The molecule has 9 heteroatoms. The predicted octanol–water partition coefficient (Wildman–Crippen LogP) is 2.06. The molecule has 2 aromatic rings. The normalized spacial score (nSPS) is 19.6. The van der Waals surface area contributed by atoms with Crippen molar-refractivity contribution in [3.8, 4) is 11.1 Å². The Morgan fingerprint density at radius 1 is 1.09 bits per heavy atom. The molecular weight excluding hydrogens is 450 g/mol. The molecule has 2 amide bonds. The minimum Gasteiger partial charge on any atom is -0.481 e. The SMILES string of the molecule is CN(C)CC(NC(=O)OCC1c2ccccc2-c2ccccc21)C(=O)NC[C@@H]1C[C@H](C(=O)O)CO1. The third-order valence-corrected chi connectivity index (χ3v) is 6.43. The topological polar surface area (TPSA) is 117 Å². The summed E-state index contributed by atoms with van der Waals surface area (Å²) < 4.78 is 11.0. The summed E-state index contributed by atoms with van der Waals surface area (Å²) in [4.78, 5) is 38.4. The maximum absolute atomic E-state index is 12.8. The number of amides is 2. The lowest BCUT2D eigenvalue weighted by Crippen LogP contribution is -2.52. The van der Waals surface area contributed by atoms with E-state index in [1.807, 2.05) is 36.4 Å². The van der Waals surface area contributed by atoms with Crippen LogP contribution in [0, 0.1) is 5.92 Å². The minimum atomic E-state index is -0.902. The van der Waals surface area contributed by atoms with Gasteiger partial charge in [-0.15, -0.1) is 0 Å². The molecule has 1 fully saturated rings. The van der Waals surface area contributed by atoms with E-state index in [2.05, 4.69) is 22.8 Å². The molecule has 2 aliphatic rings. The second-order valence-electron chi connectivity index (χ2n) is 9.26. The van der Waals surface area contributed by atoms with Gasteiger partial charge in [0, 0.05) is 19.0 Å². The van der Waals surface area contributed by atoms with Gasteiger partial charge in [-0.3, -0.25) is 9.59 Å². The number of fused-ring (bicyclic) bond motifs is 3. The number of nitrogens with zero attached hydrogens (tertiary/aromatic N) is 1. The van der Waals surface area contributed by atoms with Crippen molar-refractivity contribution in [1.29, 1.82) is 0 Å². The molecule has 1 heterocycles. The Bertz CT molecular complexity index is 1040. The van der Waals surface area contributed by atoms with Crippen LogP contribution in [0.1, 0.15) is 23.5 Å². The first-order valence-corrected chi connectivity index (χ1v) is 11.7. The Hall–Kier alpha value is -3.43. The second kappa shape index (κ2) is 10.9. The molecule has 1 aliphatic carbocycles. The van der Waals surface area contributed by atoms with Gasteiger partial charge in [0.25, 0.3) is 0 Å². The summed E-state index contributed by atoms with van der Waals surface area (Å²) in [5.41, 5.74) is 4.50. The summed E-state index contributed by atoms with van der Waals surface area (Å²) in [5.74, 6) is -1.92. The van der Waals surface area contributed by atoms with Gasteiger partial charge in [-0.2, -0.15) is 0 Å². The van der Waals surface area contributed by atoms with Crippen LogP contribution in [0.2, 0.25) is 0 Å². The van der Waals surface area contributed by atoms with E-state index in [9.17, 15) is 14.4 Å². The number of carbonyl (C=O) groups is 3. The Morgan fingerprint density at radius 3 is 2.29 bits per heavy atom. The zero-order valence-electron chi connectivity index (χ0n) is 19.9. The molecule has 9 nitrogen and oxygen atoms in total. The average molecular weight is 482 g/mol. The van der Waals surface area contributed by atoms with Crippen molar-refractivity contribution in [2.45, 2.75) is 24.5 Å². The zero-order valence-corrected chi connectivity index (χ0v) is 19.9. The predicted molar refractivity (Wildman–Crippen MR) is 129 cm³/mol. The van der Waals surface area contributed by atoms with Crippen LogP contribution in [0.5, 0.6) is 0 Å². The Labute approximate surface area is 204 Å². The standard InChI is InChI=1S/C26H31N3O6/c1-29(2)13-23(24(30)27-12-17-11-16(14-34-17)25(31)32)28-26(33)35-15-22-20-9-5-3-7-18(20)19-8-4-6-10-21(19)22/h3-10,16-17,22-23H,11-15H2,1-2H3,(H,27,30)(H,28,33)(H,31,32)/t16-,17-,23?/m0/s1. The highest BCUT2D eigenvalue weighted by Crippen LogP contribution is 2.44. The van der Waals surface area contributed by atoms with E-state index in [0.717, 1.165) is 22.3 Å². The van der Waals surface area contributed by atoms with Gasteiger partial charge in [0.05, 0.1) is 18.6 Å². The third kappa shape index (κ3) is 5.80. The fourth-order valence-electron chi connectivity index (χ4n) is 4.70. The van der Waals surface area contributed by atoms with E-state index in [0.29, 0.717) is 6.42 Å². The van der Waals surface area contributed by atoms with Crippen molar-refractivity contribution < 1.29 is 29.0 Å². The highest BCUT2D eigenvalue weighted by Gasteiger charge is 2.32. The van der Waals surface area contributed by atoms with Gasteiger partial charge >= 0.3 is 12.1 Å². The van der Waals surface area contributed by atoms with E-state index in [4.69, 9.17) is 14.6 Å². The molecule has 186 valence electrons. The van der Waals surface area contributed by atoms with Crippen molar-refractivity contribution in [3.63, 3.8) is 0 Å². The number of carboxylic acid groups (broad SMARTS) is 1. The lowest BCUT2D eigenvalue weighted by molar-refractivity contribution is -0.141. The summed E-state index contributed by atoms with van der Waals surface area (Å²) in [7, 11) is 3.61. The van der Waals surface area contributed by atoms with Gasteiger partial charge in [-0.1, -0.05) is 48.5 Å². The molecule has 0 bridgehead atoms. The third-order valence-electron chi connectivity index (χ3n) is 6.43. The number of benzene rings is 2. The molecule has 4 rings (SSSR count). The summed E-state index contributed by atoms with van der Waals surface area (Å²) in [6.45, 7) is 0.746. The van der Waals surface area contributed by atoms with Gasteiger partial charge in [0.15, 0.2) is 0 Å². The molecule has 0 saturated carbocycles. The lowest BCUT2D eigenvalue weighted by Gasteiger charge is -2.23. The molecule has 35 heavy (non-hydrogen) atoms. The summed E-state index contributed by atoms with van der Waals surface area (Å²) in [6, 6.07) is 15.3. The number of rotatable bonds is 9. The molecule has 0 spiro atoms. The molecule has 1 saturated heterocycles. The monoisotopic (exact) mass is 481 g/mol. The largest absolute Gasteiger partial charge is 0.481 e.